The molecular formula is C15H24BrN5. The molecule has 0 bridgehead atoms. The van der Waals surface area contributed by atoms with Gasteiger partial charge in [-0.05, 0) is 42.4 Å². The standard InChI is InChI=1S/C15H24BrN5/c1-11(2)5-12(20(3)4)6-17-7-13-8-19-15-9-18-14(16)10-21(13)15/h8-12,17H,5-7H2,1-4H3. The van der Waals surface area contributed by atoms with Gasteiger partial charge in [-0.25, -0.2) is 9.97 Å². The molecule has 2 rings (SSSR count). The van der Waals surface area contributed by atoms with Crippen LogP contribution < -0.4 is 5.32 Å². The van der Waals surface area contributed by atoms with Crippen molar-refractivity contribution in [1.82, 2.24) is 24.6 Å². The first-order valence-corrected chi connectivity index (χ1v) is 8.11. The molecule has 21 heavy (non-hydrogen) atoms. The summed E-state index contributed by atoms with van der Waals surface area (Å²) in [6, 6.07) is 0.553. The number of halogens is 1. The van der Waals surface area contributed by atoms with E-state index in [0.29, 0.717) is 12.0 Å². The Morgan fingerprint density at radius 3 is 2.71 bits per heavy atom. The molecule has 116 valence electrons. The normalized spacial score (nSPS) is 13.5. The summed E-state index contributed by atoms with van der Waals surface area (Å²) in [5, 5.41) is 3.55. The van der Waals surface area contributed by atoms with Crippen LogP contribution in [0.4, 0.5) is 0 Å². The van der Waals surface area contributed by atoms with Gasteiger partial charge in [0.05, 0.1) is 18.1 Å². The van der Waals surface area contributed by atoms with E-state index in [1.807, 2.05) is 12.4 Å². The lowest BCUT2D eigenvalue weighted by Gasteiger charge is -2.26. The van der Waals surface area contributed by atoms with Crippen molar-refractivity contribution in [2.45, 2.75) is 32.9 Å². The Morgan fingerprint density at radius 2 is 2.05 bits per heavy atom. The van der Waals surface area contributed by atoms with E-state index in [9.17, 15) is 0 Å². The number of rotatable bonds is 7. The van der Waals surface area contributed by atoms with Crippen molar-refractivity contribution in [2.24, 2.45) is 5.92 Å². The number of nitrogens with zero attached hydrogens (tertiary/aromatic N) is 4. The van der Waals surface area contributed by atoms with Crippen LogP contribution in [0.15, 0.2) is 23.2 Å². The highest BCUT2D eigenvalue weighted by atomic mass is 79.9. The minimum absolute atomic E-state index is 0.553. The van der Waals surface area contributed by atoms with E-state index in [1.165, 1.54) is 6.42 Å². The van der Waals surface area contributed by atoms with Crippen LogP contribution in [0.5, 0.6) is 0 Å². The van der Waals surface area contributed by atoms with E-state index in [2.05, 4.69) is 68.5 Å². The third-order valence-electron chi connectivity index (χ3n) is 3.60. The number of aromatic nitrogens is 3. The fourth-order valence-electron chi connectivity index (χ4n) is 2.43. The van der Waals surface area contributed by atoms with Gasteiger partial charge in [0.25, 0.3) is 0 Å². The van der Waals surface area contributed by atoms with Crippen LogP contribution in [0.2, 0.25) is 0 Å². The molecule has 0 aliphatic rings. The molecule has 0 aliphatic heterocycles. The first-order valence-electron chi connectivity index (χ1n) is 7.32. The predicted molar refractivity (Wildman–Crippen MR) is 89.3 cm³/mol. The molecule has 0 amide bonds. The monoisotopic (exact) mass is 353 g/mol. The molecule has 2 heterocycles. The van der Waals surface area contributed by atoms with E-state index < -0.39 is 0 Å². The van der Waals surface area contributed by atoms with Crippen LogP contribution in [-0.4, -0.2) is 46.0 Å². The minimum atomic E-state index is 0.553. The number of hydrogen-bond donors (Lipinski definition) is 1. The predicted octanol–water partition coefficient (Wildman–Crippen LogP) is 2.56. The Kier molecular flexibility index (Phi) is 5.72. The fourth-order valence-corrected chi connectivity index (χ4v) is 2.74. The lowest BCUT2D eigenvalue weighted by atomic mass is 10.0. The van der Waals surface area contributed by atoms with Crippen LogP contribution in [0.3, 0.4) is 0 Å². The zero-order chi connectivity index (χ0) is 15.4. The Labute approximate surface area is 134 Å². The van der Waals surface area contributed by atoms with Gasteiger partial charge in [0, 0.05) is 25.3 Å². The van der Waals surface area contributed by atoms with Crippen LogP contribution in [-0.2, 0) is 6.54 Å². The van der Waals surface area contributed by atoms with E-state index in [0.717, 1.165) is 29.0 Å². The van der Waals surface area contributed by atoms with Crippen molar-refractivity contribution in [1.29, 1.82) is 0 Å². The van der Waals surface area contributed by atoms with E-state index >= 15 is 0 Å². The largest absolute Gasteiger partial charge is 0.310 e. The second kappa shape index (κ2) is 7.33. The molecular weight excluding hydrogens is 330 g/mol. The highest BCUT2D eigenvalue weighted by Crippen LogP contribution is 2.11. The van der Waals surface area contributed by atoms with Gasteiger partial charge in [0.1, 0.15) is 4.60 Å². The molecule has 0 saturated heterocycles. The quantitative estimate of drug-likeness (QED) is 0.830. The molecule has 6 heteroatoms. The maximum atomic E-state index is 4.37. The molecule has 1 atom stereocenters. The van der Waals surface area contributed by atoms with Gasteiger partial charge in [-0.1, -0.05) is 13.8 Å². The number of likely N-dealkylation sites (N-methyl/N-ethyl adjacent to an activating group) is 1. The third-order valence-corrected chi connectivity index (χ3v) is 4.01. The topological polar surface area (TPSA) is 45.5 Å². The number of hydrogen-bond acceptors (Lipinski definition) is 4. The van der Waals surface area contributed by atoms with Gasteiger partial charge in [-0.2, -0.15) is 0 Å². The summed E-state index contributed by atoms with van der Waals surface area (Å²) in [7, 11) is 4.29. The second-order valence-corrected chi connectivity index (χ2v) is 6.88. The maximum absolute atomic E-state index is 4.37. The summed E-state index contributed by atoms with van der Waals surface area (Å²) in [5.74, 6) is 0.706. The average Bonchev–Trinajstić information content (AvgIpc) is 2.79. The van der Waals surface area contributed by atoms with Crippen molar-refractivity contribution in [3.8, 4) is 0 Å². The van der Waals surface area contributed by atoms with Crippen LogP contribution in [0.25, 0.3) is 5.65 Å². The Hall–Kier alpha value is -0.980. The molecule has 0 spiro atoms. The van der Waals surface area contributed by atoms with Crippen molar-refractivity contribution < 1.29 is 0 Å². The van der Waals surface area contributed by atoms with Gasteiger partial charge >= 0.3 is 0 Å². The molecule has 0 fully saturated rings. The highest BCUT2D eigenvalue weighted by Gasteiger charge is 2.13. The Morgan fingerprint density at radius 1 is 1.29 bits per heavy atom. The van der Waals surface area contributed by atoms with Gasteiger partial charge in [-0.15, -0.1) is 0 Å². The number of imidazole rings is 1. The van der Waals surface area contributed by atoms with Gasteiger partial charge in [0.15, 0.2) is 5.65 Å². The summed E-state index contributed by atoms with van der Waals surface area (Å²) < 4.78 is 2.89. The van der Waals surface area contributed by atoms with Crippen LogP contribution in [0.1, 0.15) is 26.0 Å². The molecule has 0 aromatic carbocycles. The summed E-state index contributed by atoms with van der Waals surface area (Å²) >= 11 is 3.40. The molecule has 2 aromatic heterocycles. The minimum Gasteiger partial charge on any atom is -0.310 e. The van der Waals surface area contributed by atoms with Crippen molar-refractivity contribution in [2.75, 3.05) is 20.6 Å². The fraction of sp³-hybridized carbons (Fsp3) is 0.600. The van der Waals surface area contributed by atoms with E-state index in [4.69, 9.17) is 0 Å². The summed E-state index contributed by atoms with van der Waals surface area (Å²) in [5.41, 5.74) is 2.02. The Balaban J connectivity index is 1.96. The first-order chi connectivity index (χ1) is 9.97. The average molecular weight is 354 g/mol. The lowest BCUT2D eigenvalue weighted by molar-refractivity contribution is 0.246. The van der Waals surface area contributed by atoms with Crippen molar-refractivity contribution in [3.05, 3.63) is 28.9 Å². The third kappa shape index (κ3) is 4.49. The smallest absolute Gasteiger partial charge is 0.155 e. The summed E-state index contributed by atoms with van der Waals surface area (Å²) in [6.07, 6.45) is 6.83. The molecule has 2 aromatic rings. The van der Waals surface area contributed by atoms with Crippen LogP contribution >= 0.6 is 15.9 Å². The molecule has 0 saturated carbocycles. The lowest BCUT2D eigenvalue weighted by Crippen LogP contribution is -2.38. The SMILES string of the molecule is CC(C)CC(CNCc1cnc2cnc(Br)cn12)N(C)C. The molecule has 1 N–H and O–H groups in total. The van der Waals surface area contributed by atoms with Crippen molar-refractivity contribution >= 4 is 21.6 Å². The van der Waals surface area contributed by atoms with Crippen molar-refractivity contribution in [3.63, 3.8) is 0 Å². The van der Waals surface area contributed by atoms with E-state index in [1.54, 1.807) is 6.20 Å². The van der Waals surface area contributed by atoms with E-state index in [-0.39, 0.29) is 0 Å². The molecule has 5 nitrogen and oxygen atoms in total. The van der Waals surface area contributed by atoms with Gasteiger partial charge < -0.3 is 10.2 Å². The first kappa shape index (κ1) is 16.4. The van der Waals surface area contributed by atoms with Gasteiger partial charge in [-0.3, -0.25) is 4.40 Å². The Bertz CT molecular complexity index is 578. The maximum Gasteiger partial charge on any atom is 0.155 e. The zero-order valence-electron chi connectivity index (χ0n) is 13.2. The number of fused-ring (bicyclic) bond motifs is 1. The summed E-state index contributed by atoms with van der Waals surface area (Å²) in [4.78, 5) is 10.9. The highest BCUT2D eigenvalue weighted by molar-refractivity contribution is 9.10. The molecule has 0 aliphatic carbocycles. The second-order valence-electron chi connectivity index (χ2n) is 6.07. The molecule has 0 radical (unpaired) electrons. The zero-order valence-corrected chi connectivity index (χ0v) is 14.8. The number of nitrogens with one attached hydrogen (secondary N) is 1. The van der Waals surface area contributed by atoms with Crippen LogP contribution in [0, 0.1) is 5.92 Å². The summed E-state index contributed by atoms with van der Waals surface area (Å²) in [6.45, 7) is 6.32. The van der Waals surface area contributed by atoms with Gasteiger partial charge in [0.2, 0.25) is 0 Å². The molecule has 1 unspecified atom stereocenters.